The third kappa shape index (κ3) is 5.06. The van der Waals surface area contributed by atoms with Crippen LogP contribution in [0, 0.1) is 23.5 Å². The highest BCUT2D eigenvalue weighted by Crippen LogP contribution is 2.24. The average Bonchev–Trinajstić information content (AvgIpc) is 3.00. The Labute approximate surface area is 152 Å². The molecule has 1 fully saturated rings. The smallest absolute Gasteiger partial charge is 0.310 e. The zero-order chi connectivity index (χ0) is 19.1. The first-order chi connectivity index (χ1) is 12.5. The van der Waals surface area contributed by atoms with E-state index in [1.807, 2.05) is 18.7 Å². The van der Waals surface area contributed by atoms with Gasteiger partial charge in [0.25, 0.3) is 0 Å². The molecule has 6 nitrogen and oxygen atoms in total. The number of aliphatic imine (C=N–C) groups is 1. The molecule has 1 aliphatic rings. The average molecular weight is 369 g/mol. The van der Waals surface area contributed by atoms with E-state index in [2.05, 4.69) is 10.3 Å². The third-order valence-corrected chi connectivity index (χ3v) is 4.26. The second-order valence-corrected chi connectivity index (χ2v) is 6.17. The number of likely N-dealkylation sites (tertiary alicyclic amines) is 1. The molecule has 0 saturated carbocycles. The van der Waals surface area contributed by atoms with E-state index >= 15 is 0 Å². The van der Waals surface area contributed by atoms with Crippen LogP contribution in [-0.4, -0.2) is 56.7 Å². The number of hydrogen-bond donors (Lipinski definition) is 1. The molecule has 2 rings (SSSR count). The van der Waals surface area contributed by atoms with Gasteiger partial charge in [-0.05, 0) is 25.0 Å². The number of halogens is 2. The third-order valence-electron chi connectivity index (χ3n) is 4.26. The zero-order valence-corrected chi connectivity index (χ0v) is 15.3. The molecule has 0 amide bonds. The van der Waals surface area contributed by atoms with Gasteiger partial charge in [0, 0.05) is 25.7 Å². The van der Waals surface area contributed by atoms with Crippen LogP contribution in [0.2, 0.25) is 0 Å². The Hall–Kier alpha value is -2.38. The molecule has 0 aromatic heterocycles. The Balaban J connectivity index is 1.93. The zero-order valence-electron chi connectivity index (χ0n) is 15.3. The predicted molar refractivity (Wildman–Crippen MR) is 94.1 cm³/mol. The molecule has 1 aromatic rings. The standard InChI is InChI=1S/C18H25F2N3O3/c1-4-21-18(23-10-12(2)14(11-23)17(24)25-3)22-7-8-26-16-6-5-13(19)9-15(16)20/h5-6,9,12,14H,4,7-8,10-11H2,1-3H3,(H,21,22). The number of carbonyl (C=O) groups is 1. The molecule has 144 valence electrons. The minimum Gasteiger partial charge on any atom is -0.489 e. The molecule has 1 N–H and O–H groups in total. The molecule has 2 unspecified atom stereocenters. The van der Waals surface area contributed by atoms with Gasteiger partial charge in [-0.3, -0.25) is 4.79 Å². The highest BCUT2D eigenvalue weighted by Gasteiger charge is 2.36. The van der Waals surface area contributed by atoms with Crippen molar-refractivity contribution in [2.75, 3.05) is 39.9 Å². The fraction of sp³-hybridized carbons (Fsp3) is 0.556. The SMILES string of the molecule is CCNC(=NCCOc1ccc(F)cc1F)N1CC(C)C(C(=O)OC)C1. The maximum atomic E-state index is 13.5. The highest BCUT2D eigenvalue weighted by molar-refractivity contribution is 5.82. The van der Waals surface area contributed by atoms with Crippen molar-refractivity contribution in [1.82, 2.24) is 10.2 Å². The van der Waals surface area contributed by atoms with Crippen molar-refractivity contribution in [2.24, 2.45) is 16.8 Å². The van der Waals surface area contributed by atoms with E-state index in [-0.39, 0.29) is 30.2 Å². The van der Waals surface area contributed by atoms with Gasteiger partial charge >= 0.3 is 5.97 Å². The van der Waals surface area contributed by atoms with Crippen LogP contribution in [0.15, 0.2) is 23.2 Å². The van der Waals surface area contributed by atoms with Gasteiger partial charge in [0.15, 0.2) is 17.5 Å². The van der Waals surface area contributed by atoms with E-state index < -0.39 is 11.6 Å². The lowest BCUT2D eigenvalue weighted by atomic mass is 9.99. The highest BCUT2D eigenvalue weighted by atomic mass is 19.1. The second-order valence-electron chi connectivity index (χ2n) is 6.17. The van der Waals surface area contributed by atoms with Crippen molar-refractivity contribution >= 4 is 11.9 Å². The fourth-order valence-electron chi connectivity index (χ4n) is 2.92. The van der Waals surface area contributed by atoms with Crippen LogP contribution in [0.1, 0.15) is 13.8 Å². The van der Waals surface area contributed by atoms with Crippen molar-refractivity contribution in [3.63, 3.8) is 0 Å². The van der Waals surface area contributed by atoms with Gasteiger partial charge in [0.1, 0.15) is 12.4 Å². The van der Waals surface area contributed by atoms with E-state index in [0.717, 1.165) is 12.1 Å². The number of rotatable bonds is 6. The van der Waals surface area contributed by atoms with E-state index in [9.17, 15) is 13.6 Å². The Morgan fingerprint density at radius 1 is 1.38 bits per heavy atom. The molecule has 1 saturated heterocycles. The summed E-state index contributed by atoms with van der Waals surface area (Å²) < 4.78 is 36.6. The van der Waals surface area contributed by atoms with Crippen molar-refractivity contribution in [3.8, 4) is 5.75 Å². The number of ether oxygens (including phenoxy) is 2. The number of esters is 1. The molecule has 2 atom stereocenters. The van der Waals surface area contributed by atoms with Crippen molar-refractivity contribution in [1.29, 1.82) is 0 Å². The molecule has 1 heterocycles. The van der Waals surface area contributed by atoms with Crippen molar-refractivity contribution in [2.45, 2.75) is 13.8 Å². The van der Waals surface area contributed by atoms with Crippen LogP contribution in [0.3, 0.4) is 0 Å². The number of nitrogens with zero attached hydrogens (tertiary/aromatic N) is 2. The molecule has 0 radical (unpaired) electrons. The van der Waals surface area contributed by atoms with E-state index in [1.165, 1.54) is 13.2 Å². The van der Waals surface area contributed by atoms with Crippen LogP contribution >= 0.6 is 0 Å². The van der Waals surface area contributed by atoms with Crippen molar-refractivity contribution < 1.29 is 23.0 Å². The molecular formula is C18H25F2N3O3. The molecule has 1 aliphatic heterocycles. The van der Waals surface area contributed by atoms with E-state index in [0.29, 0.717) is 32.1 Å². The molecule has 0 bridgehead atoms. The van der Waals surface area contributed by atoms with Gasteiger partial charge in [0.05, 0.1) is 19.6 Å². The predicted octanol–water partition coefficient (Wildman–Crippen LogP) is 2.05. The Bertz CT molecular complexity index is 655. The summed E-state index contributed by atoms with van der Waals surface area (Å²) in [5, 5.41) is 3.18. The summed E-state index contributed by atoms with van der Waals surface area (Å²) in [4.78, 5) is 18.3. The van der Waals surface area contributed by atoms with Crippen LogP contribution in [0.4, 0.5) is 8.78 Å². The van der Waals surface area contributed by atoms with Gasteiger partial charge in [-0.15, -0.1) is 0 Å². The summed E-state index contributed by atoms with van der Waals surface area (Å²) in [7, 11) is 1.39. The molecular weight excluding hydrogens is 344 g/mol. The molecule has 26 heavy (non-hydrogen) atoms. The lowest BCUT2D eigenvalue weighted by molar-refractivity contribution is -0.145. The quantitative estimate of drug-likeness (QED) is 0.360. The van der Waals surface area contributed by atoms with E-state index in [4.69, 9.17) is 9.47 Å². The summed E-state index contributed by atoms with van der Waals surface area (Å²) in [6.07, 6.45) is 0. The maximum absolute atomic E-state index is 13.5. The Kier molecular flexibility index (Phi) is 7.17. The summed E-state index contributed by atoms with van der Waals surface area (Å²) in [6.45, 7) is 6.32. The first-order valence-corrected chi connectivity index (χ1v) is 8.65. The maximum Gasteiger partial charge on any atom is 0.310 e. The molecule has 0 spiro atoms. The minimum absolute atomic E-state index is 0.00727. The molecule has 0 aliphatic carbocycles. The molecule has 1 aromatic carbocycles. The first-order valence-electron chi connectivity index (χ1n) is 8.65. The number of guanidine groups is 1. The largest absolute Gasteiger partial charge is 0.489 e. The Morgan fingerprint density at radius 2 is 2.15 bits per heavy atom. The van der Waals surface area contributed by atoms with Crippen LogP contribution in [-0.2, 0) is 9.53 Å². The van der Waals surface area contributed by atoms with Gasteiger partial charge < -0.3 is 19.7 Å². The summed E-state index contributed by atoms with van der Waals surface area (Å²) in [5.74, 6) is -0.961. The van der Waals surface area contributed by atoms with Crippen LogP contribution < -0.4 is 10.1 Å². The fourth-order valence-corrected chi connectivity index (χ4v) is 2.92. The first kappa shape index (κ1) is 19.9. The number of nitrogens with one attached hydrogen (secondary N) is 1. The molecule has 8 heteroatoms. The number of carbonyl (C=O) groups excluding carboxylic acids is 1. The number of methoxy groups -OCH3 is 1. The Morgan fingerprint density at radius 3 is 2.81 bits per heavy atom. The number of benzene rings is 1. The lowest BCUT2D eigenvalue weighted by Gasteiger charge is -2.21. The van der Waals surface area contributed by atoms with Gasteiger partial charge in [-0.1, -0.05) is 6.92 Å². The van der Waals surface area contributed by atoms with Crippen LogP contribution in [0.25, 0.3) is 0 Å². The van der Waals surface area contributed by atoms with Crippen LogP contribution in [0.5, 0.6) is 5.75 Å². The van der Waals surface area contributed by atoms with Crippen molar-refractivity contribution in [3.05, 3.63) is 29.8 Å². The summed E-state index contributed by atoms with van der Waals surface area (Å²) in [5.41, 5.74) is 0. The topological polar surface area (TPSA) is 63.2 Å². The minimum atomic E-state index is -0.741. The summed E-state index contributed by atoms with van der Waals surface area (Å²) in [6, 6.07) is 3.17. The van der Waals surface area contributed by atoms with Gasteiger partial charge in [-0.2, -0.15) is 0 Å². The second kappa shape index (κ2) is 9.35. The van der Waals surface area contributed by atoms with Gasteiger partial charge in [0.2, 0.25) is 0 Å². The van der Waals surface area contributed by atoms with E-state index in [1.54, 1.807) is 0 Å². The monoisotopic (exact) mass is 369 g/mol. The number of hydrogen-bond acceptors (Lipinski definition) is 4. The normalized spacial score (nSPS) is 20.2. The van der Waals surface area contributed by atoms with Gasteiger partial charge in [-0.25, -0.2) is 13.8 Å². The summed E-state index contributed by atoms with van der Waals surface area (Å²) >= 11 is 0. The lowest BCUT2D eigenvalue weighted by Crippen LogP contribution is -2.41.